The molecule has 4 heteroatoms. The average molecular weight is 173 g/mol. The number of unbranched alkanes of at least 4 members (excludes halogenated alkanes) is 1. The van der Waals surface area contributed by atoms with Crippen LogP contribution in [0.15, 0.2) is 5.16 Å². The van der Waals surface area contributed by atoms with Crippen molar-refractivity contribution in [3.63, 3.8) is 0 Å². The fourth-order valence-electron chi connectivity index (χ4n) is 0.455. The Hall–Kier alpha value is -1.06. The predicted molar refractivity (Wildman–Crippen MR) is 46.1 cm³/mol. The number of oxime groups is 1. The average Bonchev–Trinajstić information content (AvgIpc) is 2.01. The maximum Gasteiger partial charge on any atom is 0.535 e. The first-order chi connectivity index (χ1) is 5.66. The highest BCUT2D eigenvalue weighted by Crippen LogP contribution is 1.92. The van der Waals surface area contributed by atoms with Crippen LogP contribution in [-0.4, -0.2) is 18.5 Å². The third-order valence-electron chi connectivity index (χ3n) is 1.02. The van der Waals surface area contributed by atoms with Crippen molar-refractivity contribution in [3.05, 3.63) is 0 Å². The molecule has 0 atom stereocenters. The maximum atomic E-state index is 10.7. The lowest BCUT2D eigenvalue weighted by atomic mass is 10.4. The van der Waals surface area contributed by atoms with Gasteiger partial charge in [0.05, 0.1) is 12.3 Å². The molecule has 0 aromatic heterocycles. The Labute approximate surface area is 72.5 Å². The smallest absolute Gasteiger partial charge is 0.433 e. The van der Waals surface area contributed by atoms with E-state index in [-0.39, 0.29) is 0 Å². The number of ether oxygens (including phenoxy) is 1. The van der Waals surface area contributed by atoms with Crippen LogP contribution in [0.5, 0.6) is 0 Å². The number of rotatable bonds is 4. The van der Waals surface area contributed by atoms with Gasteiger partial charge in [0.2, 0.25) is 0 Å². The van der Waals surface area contributed by atoms with Crippen LogP contribution >= 0.6 is 0 Å². The summed E-state index contributed by atoms with van der Waals surface area (Å²) in [5.41, 5.74) is 0.683. The van der Waals surface area contributed by atoms with Crippen LogP contribution in [0.2, 0.25) is 0 Å². The van der Waals surface area contributed by atoms with Gasteiger partial charge < -0.3 is 4.74 Å². The number of hydrogen-bond acceptors (Lipinski definition) is 4. The van der Waals surface area contributed by atoms with E-state index in [0.717, 1.165) is 12.8 Å². The molecular formula is C8H15NO3. The highest BCUT2D eigenvalue weighted by Gasteiger charge is 2.01. The van der Waals surface area contributed by atoms with Crippen LogP contribution in [0.1, 0.15) is 33.6 Å². The molecule has 0 spiro atoms. The van der Waals surface area contributed by atoms with Gasteiger partial charge in [0, 0.05) is 0 Å². The molecule has 0 saturated heterocycles. The maximum absolute atomic E-state index is 10.7. The summed E-state index contributed by atoms with van der Waals surface area (Å²) in [6.07, 6.45) is 1.11. The summed E-state index contributed by atoms with van der Waals surface area (Å²) < 4.78 is 4.66. The number of carbonyl (C=O) groups is 1. The van der Waals surface area contributed by atoms with Crippen LogP contribution in [0.4, 0.5) is 4.79 Å². The highest BCUT2D eigenvalue weighted by atomic mass is 16.8. The Kier molecular flexibility index (Phi) is 6.05. The van der Waals surface area contributed by atoms with Crippen LogP contribution in [-0.2, 0) is 9.57 Å². The summed E-state index contributed by atoms with van der Waals surface area (Å²) in [5.74, 6) is 0. The van der Waals surface area contributed by atoms with Crippen LogP contribution in [0, 0.1) is 0 Å². The van der Waals surface area contributed by atoms with Gasteiger partial charge in [-0.15, -0.1) is 0 Å². The predicted octanol–water partition coefficient (Wildman–Crippen LogP) is 2.34. The van der Waals surface area contributed by atoms with E-state index in [2.05, 4.69) is 14.7 Å². The van der Waals surface area contributed by atoms with Crippen molar-refractivity contribution in [2.75, 3.05) is 6.61 Å². The lowest BCUT2D eigenvalue weighted by Gasteiger charge is -1.99. The Morgan fingerprint density at radius 2 is 2.08 bits per heavy atom. The molecule has 0 fully saturated rings. The Balaban J connectivity index is 3.41. The molecule has 4 nitrogen and oxygen atoms in total. The van der Waals surface area contributed by atoms with Crippen molar-refractivity contribution < 1.29 is 14.4 Å². The number of carbonyl (C=O) groups excluding carboxylic acids is 1. The van der Waals surface area contributed by atoms with Crippen molar-refractivity contribution in [3.8, 4) is 0 Å². The summed E-state index contributed by atoms with van der Waals surface area (Å²) in [7, 11) is 0. The van der Waals surface area contributed by atoms with Gasteiger partial charge in [-0.2, -0.15) is 0 Å². The van der Waals surface area contributed by atoms with E-state index in [4.69, 9.17) is 0 Å². The second-order valence-corrected chi connectivity index (χ2v) is 2.58. The Bertz CT molecular complexity index is 162. The minimum Gasteiger partial charge on any atom is -0.433 e. The van der Waals surface area contributed by atoms with Crippen molar-refractivity contribution in [1.82, 2.24) is 0 Å². The zero-order chi connectivity index (χ0) is 9.40. The molecule has 0 heterocycles. The minimum absolute atomic E-state index is 0.396. The van der Waals surface area contributed by atoms with Crippen molar-refractivity contribution in [2.45, 2.75) is 33.6 Å². The molecule has 0 aliphatic heterocycles. The monoisotopic (exact) mass is 173 g/mol. The first-order valence-corrected chi connectivity index (χ1v) is 4.01. The molecule has 0 aromatic carbocycles. The normalized spacial score (nSPS) is 8.92. The Morgan fingerprint density at radius 1 is 1.42 bits per heavy atom. The summed E-state index contributed by atoms with van der Waals surface area (Å²) >= 11 is 0. The third-order valence-corrected chi connectivity index (χ3v) is 1.02. The molecule has 12 heavy (non-hydrogen) atoms. The second kappa shape index (κ2) is 6.64. The van der Waals surface area contributed by atoms with E-state index in [9.17, 15) is 4.79 Å². The molecular weight excluding hydrogens is 158 g/mol. The van der Waals surface area contributed by atoms with Crippen LogP contribution in [0.25, 0.3) is 0 Å². The molecule has 70 valence electrons. The topological polar surface area (TPSA) is 47.9 Å². The van der Waals surface area contributed by atoms with E-state index in [1.165, 1.54) is 0 Å². The molecule has 0 radical (unpaired) electrons. The lowest BCUT2D eigenvalue weighted by Crippen LogP contribution is -2.05. The minimum atomic E-state index is -0.732. The largest absolute Gasteiger partial charge is 0.535 e. The molecule has 0 N–H and O–H groups in total. The molecule has 0 rings (SSSR count). The lowest BCUT2D eigenvalue weighted by molar-refractivity contribution is 0.0564. The molecule has 0 bridgehead atoms. The quantitative estimate of drug-likeness (QED) is 0.215. The van der Waals surface area contributed by atoms with E-state index < -0.39 is 6.16 Å². The standard InChI is InChI=1S/C8H15NO3/c1-4-5-6-11-8(10)12-9-7(2)3/h4-6H2,1-3H3. The highest BCUT2D eigenvalue weighted by molar-refractivity contribution is 5.79. The molecule has 0 aliphatic rings. The van der Waals surface area contributed by atoms with Gasteiger partial charge in [-0.3, -0.25) is 4.84 Å². The van der Waals surface area contributed by atoms with Gasteiger partial charge in [-0.25, -0.2) is 4.79 Å². The van der Waals surface area contributed by atoms with E-state index in [1.54, 1.807) is 13.8 Å². The second-order valence-electron chi connectivity index (χ2n) is 2.58. The van der Waals surface area contributed by atoms with Gasteiger partial charge in [0.25, 0.3) is 0 Å². The van der Waals surface area contributed by atoms with Gasteiger partial charge in [-0.05, 0) is 20.3 Å². The SMILES string of the molecule is CCCCOC(=O)ON=C(C)C. The van der Waals surface area contributed by atoms with E-state index >= 15 is 0 Å². The van der Waals surface area contributed by atoms with Crippen LogP contribution in [0.3, 0.4) is 0 Å². The van der Waals surface area contributed by atoms with Crippen molar-refractivity contribution in [1.29, 1.82) is 0 Å². The summed E-state index contributed by atoms with van der Waals surface area (Å²) in [5, 5.41) is 3.45. The van der Waals surface area contributed by atoms with Gasteiger partial charge in [-0.1, -0.05) is 18.5 Å². The zero-order valence-electron chi connectivity index (χ0n) is 7.79. The molecule has 0 saturated carbocycles. The molecule has 0 amide bonds. The summed E-state index contributed by atoms with van der Waals surface area (Å²) in [6, 6.07) is 0. The summed E-state index contributed by atoms with van der Waals surface area (Å²) in [4.78, 5) is 15.0. The van der Waals surface area contributed by atoms with E-state index in [1.807, 2.05) is 6.92 Å². The van der Waals surface area contributed by atoms with Crippen molar-refractivity contribution >= 4 is 11.9 Å². The molecule has 0 aromatic rings. The van der Waals surface area contributed by atoms with Crippen LogP contribution < -0.4 is 0 Å². The zero-order valence-corrected chi connectivity index (χ0v) is 7.79. The third kappa shape index (κ3) is 7.05. The van der Waals surface area contributed by atoms with Gasteiger partial charge in [0.1, 0.15) is 0 Å². The van der Waals surface area contributed by atoms with Gasteiger partial charge in [0.15, 0.2) is 0 Å². The fourth-order valence-corrected chi connectivity index (χ4v) is 0.455. The van der Waals surface area contributed by atoms with Gasteiger partial charge >= 0.3 is 6.16 Å². The summed E-state index contributed by atoms with van der Waals surface area (Å²) in [6.45, 7) is 5.88. The Morgan fingerprint density at radius 3 is 2.58 bits per heavy atom. The molecule has 0 unspecified atom stereocenters. The van der Waals surface area contributed by atoms with E-state index in [0.29, 0.717) is 12.3 Å². The first kappa shape index (κ1) is 10.9. The number of nitrogens with zero attached hydrogens (tertiary/aromatic N) is 1. The van der Waals surface area contributed by atoms with Crippen molar-refractivity contribution in [2.24, 2.45) is 5.16 Å². The molecule has 0 aliphatic carbocycles. The fraction of sp³-hybridized carbons (Fsp3) is 0.750. The first-order valence-electron chi connectivity index (χ1n) is 4.01. The number of hydrogen-bond donors (Lipinski definition) is 0.